The molecule has 0 radical (unpaired) electrons. The Bertz CT molecular complexity index is 1830. The molecule has 0 aliphatic rings. The number of pyridine rings is 2. The topological polar surface area (TPSA) is 136 Å². The molecule has 0 amide bonds. The number of benzene rings is 2. The first-order valence-corrected chi connectivity index (χ1v) is 13.9. The molecule has 2 aromatic heterocycles. The summed E-state index contributed by atoms with van der Waals surface area (Å²) in [7, 11) is 7.56. The molecule has 0 spiro atoms. The maximum absolute atomic E-state index is 13.1. The average molecular weight is 585 g/mol. The van der Waals surface area contributed by atoms with E-state index in [1.807, 2.05) is 82.2 Å². The first-order chi connectivity index (χ1) is 20.4. The summed E-state index contributed by atoms with van der Waals surface area (Å²) in [6, 6.07) is 14.5. The van der Waals surface area contributed by atoms with Gasteiger partial charge in [0, 0.05) is 56.3 Å². The minimum Gasteiger partial charge on any atom is -0.506 e. The number of anilines is 2. The van der Waals surface area contributed by atoms with Gasteiger partial charge < -0.3 is 29.6 Å². The molecule has 0 unspecified atom stereocenters. The number of aromatic hydroxyl groups is 1. The maximum atomic E-state index is 13.1. The lowest BCUT2D eigenvalue weighted by atomic mass is 9.98. The van der Waals surface area contributed by atoms with Gasteiger partial charge in [0.25, 0.3) is 11.1 Å². The van der Waals surface area contributed by atoms with Crippen LogP contribution in [0.2, 0.25) is 0 Å². The van der Waals surface area contributed by atoms with Crippen molar-refractivity contribution < 1.29 is 19.4 Å². The molecular formula is C33H36N4O6. The number of esters is 2. The summed E-state index contributed by atoms with van der Waals surface area (Å²) in [5.74, 6) is -3.17. The Morgan fingerprint density at radius 1 is 0.814 bits per heavy atom. The summed E-state index contributed by atoms with van der Waals surface area (Å²) in [6.45, 7) is 5.57. The van der Waals surface area contributed by atoms with E-state index in [4.69, 9.17) is 4.74 Å². The molecule has 3 N–H and O–H groups in total. The molecule has 0 atom stereocenters. The predicted octanol–water partition coefficient (Wildman–Crippen LogP) is 4.67. The Balaban J connectivity index is 1.70. The molecule has 0 aliphatic heterocycles. The fourth-order valence-corrected chi connectivity index (χ4v) is 5.11. The molecule has 0 bridgehead atoms. The minimum atomic E-state index is -1.36. The van der Waals surface area contributed by atoms with E-state index in [-0.39, 0.29) is 12.0 Å². The van der Waals surface area contributed by atoms with Gasteiger partial charge in [-0.25, -0.2) is 9.59 Å². The smallest absolute Gasteiger partial charge is 0.355 e. The van der Waals surface area contributed by atoms with Crippen LogP contribution in [0.5, 0.6) is 5.75 Å². The highest BCUT2D eigenvalue weighted by Gasteiger charge is 2.28. The number of aromatic nitrogens is 2. The first-order valence-electron chi connectivity index (χ1n) is 13.9. The number of aryl methyl sites for hydroxylation is 2. The molecule has 0 fully saturated rings. The van der Waals surface area contributed by atoms with Crippen molar-refractivity contribution in [1.82, 2.24) is 9.97 Å². The fraction of sp³-hybridized carbons (Fsp3) is 0.273. The Morgan fingerprint density at radius 2 is 1.49 bits per heavy atom. The van der Waals surface area contributed by atoms with Crippen molar-refractivity contribution in [2.24, 2.45) is 0 Å². The molecule has 224 valence electrons. The minimum absolute atomic E-state index is 0.268. The number of hydrogen-bond acceptors (Lipinski definition) is 8. The predicted molar refractivity (Wildman–Crippen MR) is 169 cm³/mol. The maximum Gasteiger partial charge on any atom is 0.355 e. The summed E-state index contributed by atoms with van der Waals surface area (Å²) in [4.78, 5) is 61.6. The molecule has 43 heavy (non-hydrogen) atoms. The van der Waals surface area contributed by atoms with Gasteiger partial charge in [0.15, 0.2) is 5.56 Å². The van der Waals surface area contributed by atoms with Crippen molar-refractivity contribution in [3.05, 3.63) is 97.1 Å². The second kappa shape index (κ2) is 12.4. The van der Waals surface area contributed by atoms with Crippen LogP contribution >= 0.6 is 0 Å². The van der Waals surface area contributed by atoms with E-state index >= 15 is 0 Å². The van der Waals surface area contributed by atoms with Crippen molar-refractivity contribution in [1.29, 1.82) is 0 Å². The third-order valence-electron chi connectivity index (χ3n) is 7.41. The van der Waals surface area contributed by atoms with Crippen LogP contribution in [0.15, 0.2) is 58.1 Å². The number of hydrogen-bond donors (Lipinski definition) is 3. The highest BCUT2D eigenvalue weighted by Crippen LogP contribution is 2.35. The molecule has 10 nitrogen and oxygen atoms in total. The number of H-pyrrole nitrogens is 2. The van der Waals surface area contributed by atoms with Crippen LogP contribution in [0.25, 0.3) is 22.5 Å². The number of nitrogens with zero attached hydrogens (tertiary/aromatic N) is 2. The monoisotopic (exact) mass is 584 g/mol. The van der Waals surface area contributed by atoms with Crippen LogP contribution in [0, 0.1) is 6.92 Å². The zero-order valence-electron chi connectivity index (χ0n) is 25.4. The van der Waals surface area contributed by atoms with Crippen molar-refractivity contribution in [3.63, 3.8) is 0 Å². The van der Waals surface area contributed by atoms with E-state index in [0.717, 1.165) is 22.5 Å². The van der Waals surface area contributed by atoms with Crippen LogP contribution in [-0.4, -0.2) is 55.2 Å². The van der Waals surface area contributed by atoms with Gasteiger partial charge >= 0.3 is 11.9 Å². The summed E-state index contributed by atoms with van der Waals surface area (Å²) in [5.41, 5.74) is 3.28. The lowest BCUT2D eigenvalue weighted by Crippen LogP contribution is -2.27. The lowest BCUT2D eigenvalue weighted by molar-refractivity contribution is 0.0393. The Hall–Kier alpha value is -5.12. The van der Waals surface area contributed by atoms with Crippen LogP contribution < -0.4 is 20.9 Å². The zero-order chi connectivity index (χ0) is 31.6. The molecule has 0 saturated carbocycles. The van der Waals surface area contributed by atoms with Gasteiger partial charge in [-0.05, 0) is 55.2 Å². The molecule has 2 heterocycles. The van der Waals surface area contributed by atoms with Gasteiger partial charge in [0.1, 0.15) is 11.3 Å². The van der Waals surface area contributed by atoms with E-state index in [0.29, 0.717) is 34.5 Å². The zero-order valence-corrected chi connectivity index (χ0v) is 25.4. The summed E-state index contributed by atoms with van der Waals surface area (Å²) < 4.78 is 4.99. The molecule has 2 aromatic carbocycles. The van der Waals surface area contributed by atoms with Crippen molar-refractivity contribution >= 4 is 23.3 Å². The normalized spacial score (nSPS) is 10.9. The molecule has 10 heteroatoms. The molecular weight excluding hydrogens is 548 g/mol. The van der Waals surface area contributed by atoms with Crippen molar-refractivity contribution in [2.75, 3.05) is 38.0 Å². The number of aromatic amines is 2. The number of ether oxygens (including phenoxy) is 1. The van der Waals surface area contributed by atoms with E-state index in [2.05, 4.69) is 9.97 Å². The number of para-hydroxylation sites is 1. The SMILES string of the molecule is CCc1cc(C(=O)OC(=O)c2c(O)c(CC)c(-c3ccccc3N(C)C)[nH]c2=O)c(=O)[nH]c1-c1ccc(N(C)C)cc1C. The Kier molecular flexibility index (Phi) is 8.89. The molecule has 4 rings (SSSR count). The second-order valence-corrected chi connectivity index (χ2v) is 10.6. The van der Waals surface area contributed by atoms with Gasteiger partial charge in [0.05, 0.1) is 11.4 Å². The highest BCUT2D eigenvalue weighted by atomic mass is 16.6. The van der Waals surface area contributed by atoms with E-state index in [9.17, 15) is 24.3 Å². The Morgan fingerprint density at radius 3 is 2.09 bits per heavy atom. The average Bonchev–Trinajstić information content (AvgIpc) is 2.96. The lowest BCUT2D eigenvalue weighted by Gasteiger charge is -2.20. The number of nitrogens with one attached hydrogen (secondary N) is 2. The first kappa shape index (κ1) is 30.8. The second-order valence-electron chi connectivity index (χ2n) is 10.6. The third-order valence-corrected chi connectivity index (χ3v) is 7.41. The van der Waals surface area contributed by atoms with Gasteiger partial charge in [-0.15, -0.1) is 0 Å². The Labute approximate surface area is 249 Å². The summed E-state index contributed by atoms with van der Waals surface area (Å²) >= 11 is 0. The van der Waals surface area contributed by atoms with Gasteiger partial charge in [-0.2, -0.15) is 0 Å². The van der Waals surface area contributed by atoms with Gasteiger partial charge in [0.2, 0.25) is 0 Å². The number of rotatable bonds is 8. The molecule has 0 aliphatic carbocycles. The van der Waals surface area contributed by atoms with Crippen molar-refractivity contribution in [3.8, 4) is 28.3 Å². The molecule has 4 aromatic rings. The van der Waals surface area contributed by atoms with Gasteiger partial charge in [-0.3, -0.25) is 9.59 Å². The third kappa shape index (κ3) is 5.94. The quantitative estimate of drug-likeness (QED) is 0.201. The highest BCUT2D eigenvalue weighted by molar-refractivity contribution is 6.04. The number of carbonyl (C=O) groups excluding carboxylic acids is 2. The fourth-order valence-electron chi connectivity index (χ4n) is 5.11. The largest absolute Gasteiger partial charge is 0.506 e. The molecule has 0 saturated heterocycles. The summed E-state index contributed by atoms with van der Waals surface area (Å²) in [5, 5.41) is 11.1. The van der Waals surface area contributed by atoms with E-state index in [1.54, 1.807) is 19.1 Å². The standard InChI is InChI=1S/C33H36N4O6/c1-8-19-17-24(30(39)34-27(19)22-15-14-20(36(4)5)16-18(22)3)32(41)43-33(42)26-29(38)21(9-2)28(35-31(26)40)23-12-10-11-13-25(23)37(6)7/h10-17H,8-9H2,1-7H3,(H,34,39)(H2,35,38,40). The van der Waals surface area contributed by atoms with E-state index in [1.165, 1.54) is 6.07 Å². The van der Waals surface area contributed by atoms with Crippen LogP contribution in [0.4, 0.5) is 11.4 Å². The summed E-state index contributed by atoms with van der Waals surface area (Å²) in [6.07, 6.45) is 0.745. The van der Waals surface area contributed by atoms with E-state index < -0.39 is 34.4 Å². The van der Waals surface area contributed by atoms with Gasteiger partial charge in [-0.1, -0.05) is 38.1 Å². The van der Waals surface area contributed by atoms with Crippen molar-refractivity contribution in [2.45, 2.75) is 33.6 Å². The van der Waals surface area contributed by atoms with Crippen LogP contribution in [0.3, 0.4) is 0 Å². The number of carbonyl (C=O) groups is 2. The van der Waals surface area contributed by atoms with Crippen LogP contribution in [0.1, 0.15) is 51.3 Å². The van der Waals surface area contributed by atoms with Crippen LogP contribution in [-0.2, 0) is 17.6 Å².